The number of rotatable bonds is 3. The van der Waals surface area contributed by atoms with Crippen molar-refractivity contribution in [3.63, 3.8) is 0 Å². The van der Waals surface area contributed by atoms with Crippen LogP contribution in [0.3, 0.4) is 0 Å². The SMILES string of the molecule is O=C([C@H]1CCCN1)N1CCCN(C2CCC2)CC1.OCc1ccc(F)cc1. The van der Waals surface area contributed by atoms with Gasteiger partial charge in [-0.05, 0) is 56.3 Å². The number of carbonyl (C=O) groups is 1. The molecule has 1 amide bonds. The van der Waals surface area contributed by atoms with Crippen LogP contribution in [0.1, 0.15) is 44.1 Å². The number of aliphatic hydroxyl groups excluding tert-OH is 1. The number of halogens is 1. The normalized spacial score (nSPS) is 23.9. The van der Waals surface area contributed by atoms with Crippen molar-refractivity contribution in [2.24, 2.45) is 0 Å². The highest BCUT2D eigenvalue weighted by molar-refractivity contribution is 5.82. The standard InChI is InChI=1S/C14H25N3O.C7H7FO/c18-14(13-6-2-7-15-13)17-9-3-8-16(10-11-17)12-4-1-5-12;8-7-3-1-6(5-9)2-4-7/h12-13,15H,1-11H2;1-4,9H,5H2/t13-;/m1./s1. The number of carbonyl (C=O) groups excluding carboxylic acids is 1. The maximum atomic E-state index is 12.4. The zero-order valence-corrected chi connectivity index (χ0v) is 16.1. The molecule has 0 radical (unpaired) electrons. The minimum atomic E-state index is -0.271. The van der Waals surface area contributed by atoms with Crippen LogP contribution in [0.5, 0.6) is 0 Å². The summed E-state index contributed by atoms with van der Waals surface area (Å²) in [7, 11) is 0. The van der Waals surface area contributed by atoms with Crippen molar-refractivity contribution >= 4 is 5.91 Å². The van der Waals surface area contributed by atoms with E-state index in [-0.39, 0.29) is 18.5 Å². The van der Waals surface area contributed by atoms with Crippen molar-refractivity contribution in [3.8, 4) is 0 Å². The van der Waals surface area contributed by atoms with Gasteiger partial charge in [-0.25, -0.2) is 4.39 Å². The summed E-state index contributed by atoms with van der Waals surface area (Å²) in [6.45, 7) is 5.15. The molecule has 1 aromatic rings. The number of hydrogen-bond donors (Lipinski definition) is 2. The second kappa shape index (κ2) is 10.2. The minimum absolute atomic E-state index is 0.0275. The molecule has 0 aromatic heterocycles. The molecule has 6 heteroatoms. The van der Waals surface area contributed by atoms with E-state index in [0.29, 0.717) is 5.91 Å². The van der Waals surface area contributed by atoms with E-state index < -0.39 is 0 Å². The summed E-state index contributed by atoms with van der Waals surface area (Å²) >= 11 is 0. The molecule has 1 atom stereocenters. The molecule has 2 N–H and O–H groups in total. The fourth-order valence-corrected chi connectivity index (χ4v) is 3.98. The molecule has 0 bridgehead atoms. The van der Waals surface area contributed by atoms with Crippen LogP contribution in [0, 0.1) is 5.82 Å². The van der Waals surface area contributed by atoms with Crippen LogP contribution in [-0.2, 0) is 11.4 Å². The third-order valence-corrected chi connectivity index (χ3v) is 5.89. The Bertz CT molecular complexity index is 586. The Morgan fingerprint density at radius 3 is 2.41 bits per heavy atom. The number of benzene rings is 1. The summed E-state index contributed by atoms with van der Waals surface area (Å²) in [5.74, 6) is 0.0789. The molecule has 150 valence electrons. The summed E-state index contributed by atoms with van der Waals surface area (Å²) in [4.78, 5) is 17.1. The first-order valence-electron chi connectivity index (χ1n) is 10.3. The van der Waals surface area contributed by atoms with Gasteiger partial charge < -0.3 is 15.3 Å². The predicted molar refractivity (Wildman–Crippen MR) is 104 cm³/mol. The van der Waals surface area contributed by atoms with Crippen molar-refractivity contribution in [1.82, 2.24) is 15.1 Å². The number of amides is 1. The van der Waals surface area contributed by atoms with Gasteiger partial charge in [-0.3, -0.25) is 9.69 Å². The van der Waals surface area contributed by atoms with E-state index in [0.717, 1.165) is 57.0 Å². The van der Waals surface area contributed by atoms with Crippen LogP contribution in [-0.4, -0.2) is 65.6 Å². The summed E-state index contributed by atoms with van der Waals surface area (Å²) in [5, 5.41) is 11.8. The number of aliphatic hydroxyl groups is 1. The third kappa shape index (κ3) is 5.74. The molecule has 4 rings (SSSR count). The monoisotopic (exact) mass is 377 g/mol. The van der Waals surface area contributed by atoms with Gasteiger partial charge in [-0.15, -0.1) is 0 Å². The first-order chi connectivity index (χ1) is 13.2. The molecule has 1 aromatic carbocycles. The van der Waals surface area contributed by atoms with E-state index in [1.807, 2.05) is 0 Å². The highest BCUT2D eigenvalue weighted by Crippen LogP contribution is 2.25. The Kier molecular flexibility index (Phi) is 7.61. The Morgan fingerprint density at radius 1 is 1.04 bits per heavy atom. The smallest absolute Gasteiger partial charge is 0.239 e. The molecular weight excluding hydrogens is 345 g/mol. The highest BCUT2D eigenvalue weighted by atomic mass is 19.1. The summed E-state index contributed by atoms with van der Waals surface area (Å²) < 4.78 is 12.1. The fourth-order valence-electron chi connectivity index (χ4n) is 3.98. The maximum Gasteiger partial charge on any atom is 0.239 e. The molecule has 5 nitrogen and oxygen atoms in total. The molecule has 27 heavy (non-hydrogen) atoms. The Hall–Kier alpha value is -1.50. The topological polar surface area (TPSA) is 55.8 Å². The lowest BCUT2D eigenvalue weighted by Crippen LogP contribution is -2.46. The van der Waals surface area contributed by atoms with Gasteiger partial charge in [-0.1, -0.05) is 18.6 Å². The quantitative estimate of drug-likeness (QED) is 0.848. The first kappa shape index (κ1) is 20.2. The molecule has 3 aliphatic rings. The average Bonchev–Trinajstić information content (AvgIpc) is 3.08. The summed E-state index contributed by atoms with van der Waals surface area (Å²) in [6.07, 6.45) is 7.47. The maximum absolute atomic E-state index is 12.4. The molecule has 3 fully saturated rings. The molecule has 2 saturated heterocycles. The van der Waals surface area contributed by atoms with E-state index >= 15 is 0 Å². The van der Waals surface area contributed by atoms with Crippen LogP contribution in [0.15, 0.2) is 24.3 Å². The predicted octanol–water partition coefficient (Wildman–Crippen LogP) is 2.14. The summed E-state index contributed by atoms with van der Waals surface area (Å²) in [6, 6.07) is 6.69. The van der Waals surface area contributed by atoms with Gasteiger partial charge in [0.15, 0.2) is 0 Å². The van der Waals surface area contributed by atoms with Crippen molar-refractivity contribution in [1.29, 1.82) is 0 Å². The zero-order chi connectivity index (χ0) is 19.1. The van der Waals surface area contributed by atoms with E-state index in [9.17, 15) is 9.18 Å². The van der Waals surface area contributed by atoms with Gasteiger partial charge in [0.05, 0.1) is 12.6 Å². The fraction of sp³-hybridized carbons (Fsp3) is 0.667. The van der Waals surface area contributed by atoms with Gasteiger partial charge in [-0.2, -0.15) is 0 Å². The molecule has 0 spiro atoms. The van der Waals surface area contributed by atoms with Crippen molar-refractivity contribution in [3.05, 3.63) is 35.6 Å². The number of nitrogens with one attached hydrogen (secondary N) is 1. The Balaban J connectivity index is 0.000000197. The second-order valence-corrected chi connectivity index (χ2v) is 7.73. The Labute approximate surface area is 161 Å². The van der Waals surface area contributed by atoms with Gasteiger partial charge in [0.2, 0.25) is 5.91 Å². The number of hydrogen-bond acceptors (Lipinski definition) is 4. The van der Waals surface area contributed by atoms with Crippen LogP contribution in [0.2, 0.25) is 0 Å². The molecule has 2 heterocycles. The van der Waals surface area contributed by atoms with Crippen LogP contribution < -0.4 is 5.32 Å². The van der Waals surface area contributed by atoms with Gasteiger partial charge in [0.1, 0.15) is 5.82 Å². The van der Waals surface area contributed by atoms with Crippen LogP contribution >= 0.6 is 0 Å². The molecule has 1 saturated carbocycles. The summed E-state index contributed by atoms with van der Waals surface area (Å²) in [5.41, 5.74) is 0.733. The molecular formula is C21H32FN3O2. The molecule has 2 aliphatic heterocycles. The lowest BCUT2D eigenvalue weighted by molar-refractivity contribution is -0.133. The Morgan fingerprint density at radius 2 is 1.81 bits per heavy atom. The first-order valence-corrected chi connectivity index (χ1v) is 10.3. The number of nitrogens with zero attached hydrogens (tertiary/aromatic N) is 2. The largest absolute Gasteiger partial charge is 0.392 e. The van der Waals surface area contributed by atoms with E-state index in [1.54, 1.807) is 12.1 Å². The van der Waals surface area contributed by atoms with Crippen LogP contribution in [0.25, 0.3) is 0 Å². The highest BCUT2D eigenvalue weighted by Gasteiger charge is 2.30. The van der Waals surface area contributed by atoms with Gasteiger partial charge >= 0.3 is 0 Å². The van der Waals surface area contributed by atoms with E-state index in [2.05, 4.69) is 15.1 Å². The minimum Gasteiger partial charge on any atom is -0.392 e. The van der Waals surface area contributed by atoms with Crippen LogP contribution in [0.4, 0.5) is 4.39 Å². The van der Waals surface area contributed by atoms with E-state index in [1.165, 1.54) is 37.9 Å². The lowest BCUT2D eigenvalue weighted by atomic mass is 9.91. The van der Waals surface area contributed by atoms with Crippen molar-refractivity contribution < 1.29 is 14.3 Å². The second-order valence-electron chi connectivity index (χ2n) is 7.73. The molecule has 0 unspecified atom stereocenters. The zero-order valence-electron chi connectivity index (χ0n) is 16.1. The van der Waals surface area contributed by atoms with E-state index in [4.69, 9.17) is 5.11 Å². The average molecular weight is 378 g/mol. The van der Waals surface area contributed by atoms with Gasteiger partial charge in [0, 0.05) is 32.2 Å². The third-order valence-electron chi connectivity index (χ3n) is 5.89. The van der Waals surface area contributed by atoms with Crippen molar-refractivity contribution in [2.45, 2.75) is 57.2 Å². The lowest BCUT2D eigenvalue weighted by Gasteiger charge is -2.36. The van der Waals surface area contributed by atoms with Crippen molar-refractivity contribution in [2.75, 3.05) is 32.7 Å². The molecule has 1 aliphatic carbocycles. The van der Waals surface area contributed by atoms with Gasteiger partial charge in [0.25, 0.3) is 0 Å².